The van der Waals surface area contributed by atoms with E-state index in [0.29, 0.717) is 32.9 Å². The zero-order valence-electron chi connectivity index (χ0n) is 11.5. The van der Waals surface area contributed by atoms with E-state index in [1.807, 2.05) is 6.92 Å². The third-order valence-electron chi connectivity index (χ3n) is 3.23. The van der Waals surface area contributed by atoms with Crippen molar-refractivity contribution in [2.75, 3.05) is 47.1 Å². The van der Waals surface area contributed by atoms with Crippen molar-refractivity contribution in [1.29, 1.82) is 0 Å². The summed E-state index contributed by atoms with van der Waals surface area (Å²) in [5, 5.41) is 5.98. The predicted molar refractivity (Wildman–Crippen MR) is 67.5 cm³/mol. The van der Waals surface area contributed by atoms with Crippen molar-refractivity contribution in [1.82, 2.24) is 10.6 Å². The van der Waals surface area contributed by atoms with Gasteiger partial charge in [-0.15, -0.1) is 0 Å². The standard InChI is InChI=1S/C12H24N2O4/c1-10(11(15)13-5-7-16-2)14-8-12(17-3)4-6-18-9-12/h10,14H,4-9H2,1-3H3,(H,13,15). The molecule has 0 aromatic carbocycles. The molecule has 1 rings (SSSR count). The minimum Gasteiger partial charge on any atom is -0.383 e. The van der Waals surface area contributed by atoms with Gasteiger partial charge in [-0.25, -0.2) is 0 Å². The van der Waals surface area contributed by atoms with Crippen molar-refractivity contribution in [3.8, 4) is 0 Å². The second kappa shape index (κ2) is 7.68. The van der Waals surface area contributed by atoms with Crippen LogP contribution >= 0.6 is 0 Å². The quantitative estimate of drug-likeness (QED) is 0.578. The molecule has 1 aliphatic rings. The van der Waals surface area contributed by atoms with Gasteiger partial charge < -0.3 is 24.8 Å². The van der Waals surface area contributed by atoms with Crippen LogP contribution in [0.2, 0.25) is 0 Å². The minimum absolute atomic E-state index is 0.0304. The van der Waals surface area contributed by atoms with Crippen molar-refractivity contribution < 1.29 is 19.0 Å². The average molecular weight is 260 g/mol. The van der Waals surface area contributed by atoms with Crippen LogP contribution < -0.4 is 10.6 Å². The molecule has 2 N–H and O–H groups in total. The van der Waals surface area contributed by atoms with Gasteiger partial charge in [-0.1, -0.05) is 0 Å². The van der Waals surface area contributed by atoms with Crippen LogP contribution in [0.25, 0.3) is 0 Å². The molecule has 0 saturated carbocycles. The lowest BCUT2D eigenvalue weighted by Gasteiger charge is -2.27. The van der Waals surface area contributed by atoms with Gasteiger partial charge in [0.25, 0.3) is 0 Å². The van der Waals surface area contributed by atoms with E-state index in [1.165, 1.54) is 0 Å². The van der Waals surface area contributed by atoms with E-state index >= 15 is 0 Å². The van der Waals surface area contributed by atoms with Crippen molar-refractivity contribution >= 4 is 5.91 Å². The second-order valence-electron chi connectivity index (χ2n) is 4.58. The summed E-state index contributed by atoms with van der Waals surface area (Å²) in [5.74, 6) is -0.0304. The van der Waals surface area contributed by atoms with Gasteiger partial charge in [0.1, 0.15) is 5.60 Å². The largest absolute Gasteiger partial charge is 0.383 e. The van der Waals surface area contributed by atoms with Gasteiger partial charge in [0.2, 0.25) is 5.91 Å². The number of methoxy groups -OCH3 is 2. The van der Waals surface area contributed by atoms with E-state index < -0.39 is 0 Å². The van der Waals surface area contributed by atoms with Gasteiger partial charge in [-0.05, 0) is 6.92 Å². The maximum atomic E-state index is 11.7. The van der Waals surface area contributed by atoms with E-state index in [-0.39, 0.29) is 17.6 Å². The molecule has 0 bridgehead atoms. The fraction of sp³-hybridized carbons (Fsp3) is 0.917. The van der Waals surface area contributed by atoms with Crippen LogP contribution in [0.3, 0.4) is 0 Å². The summed E-state index contributed by atoms with van der Waals surface area (Å²) >= 11 is 0. The van der Waals surface area contributed by atoms with Crippen LogP contribution in [-0.2, 0) is 19.0 Å². The maximum Gasteiger partial charge on any atom is 0.236 e. The summed E-state index contributed by atoms with van der Waals surface area (Å²) < 4.78 is 15.7. The van der Waals surface area contributed by atoms with Crippen LogP contribution in [0, 0.1) is 0 Å². The van der Waals surface area contributed by atoms with E-state index in [1.54, 1.807) is 14.2 Å². The molecule has 0 spiro atoms. The molecule has 106 valence electrons. The Labute approximate surface area is 108 Å². The molecule has 2 atom stereocenters. The van der Waals surface area contributed by atoms with Gasteiger partial charge in [-0.2, -0.15) is 0 Å². The Morgan fingerprint density at radius 1 is 1.50 bits per heavy atom. The van der Waals surface area contributed by atoms with Crippen molar-refractivity contribution in [3.63, 3.8) is 0 Å². The molecule has 0 aromatic heterocycles. The molecule has 1 fully saturated rings. The summed E-state index contributed by atoms with van der Waals surface area (Å²) in [6.45, 7) is 4.79. The van der Waals surface area contributed by atoms with Gasteiger partial charge in [-0.3, -0.25) is 4.79 Å². The number of hydrogen-bond acceptors (Lipinski definition) is 5. The Hall–Kier alpha value is -0.690. The molecule has 0 aliphatic carbocycles. The van der Waals surface area contributed by atoms with Gasteiger partial charge in [0.15, 0.2) is 0 Å². The minimum atomic E-state index is -0.291. The topological polar surface area (TPSA) is 68.8 Å². The first-order valence-corrected chi connectivity index (χ1v) is 6.26. The van der Waals surface area contributed by atoms with Crippen molar-refractivity contribution in [2.24, 2.45) is 0 Å². The molecular formula is C12H24N2O4. The Morgan fingerprint density at radius 3 is 2.83 bits per heavy atom. The smallest absolute Gasteiger partial charge is 0.236 e. The SMILES string of the molecule is COCCNC(=O)C(C)NCC1(OC)CCOC1. The van der Waals surface area contributed by atoms with Crippen molar-refractivity contribution in [2.45, 2.75) is 25.0 Å². The fourth-order valence-corrected chi connectivity index (χ4v) is 1.82. The number of carbonyl (C=O) groups excluding carboxylic acids is 1. The molecule has 1 saturated heterocycles. The van der Waals surface area contributed by atoms with E-state index in [2.05, 4.69) is 10.6 Å². The first-order chi connectivity index (χ1) is 8.63. The normalized spacial score (nSPS) is 25.1. The summed E-state index contributed by atoms with van der Waals surface area (Å²) in [5.41, 5.74) is -0.291. The zero-order chi connectivity index (χ0) is 13.4. The van der Waals surface area contributed by atoms with E-state index in [9.17, 15) is 4.79 Å². The van der Waals surface area contributed by atoms with Gasteiger partial charge >= 0.3 is 0 Å². The first-order valence-electron chi connectivity index (χ1n) is 6.26. The van der Waals surface area contributed by atoms with Gasteiger partial charge in [0, 0.05) is 40.3 Å². The monoisotopic (exact) mass is 260 g/mol. The summed E-state index contributed by atoms with van der Waals surface area (Å²) in [4.78, 5) is 11.7. The van der Waals surface area contributed by atoms with E-state index in [4.69, 9.17) is 14.2 Å². The van der Waals surface area contributed by atoms with Crippen LogP contribution in [-0.4, -0.2) is 64.7 Å². The van der Waals surface area contributed by atoms with Crippen LogP contribution in [0.1, 0.15) is 13.3 Å². The highest BCUT2D eigenvalue weighted by Gasteiger charge is 2.35. The average Bonchev–Trinajstić information content (AvgIpc) is 2.85. The Balaban J connectivity index is 2.26. The summed E-state index contributed by atoms with van der Waals surface area (Å²) in [6, 6.07) is -0.255. The molecule has 0 aromatic rings. The predicted octanol–water partition coefficient (Wildman–Crippen LogP) is -0.467. The second-order valence-corrected chi connectivity index (χ2v) is 4.58. The highest BCUT2D eigenvalue weighted by Crippen LogP contribution is 2.21. The number of rotatable bonds is 8. The maximum absolute atomic E-state index is 11.7. The number of carbonyl (C=O) groups is 1. The zero-order valence-corrected chi connectivity index (χ0v) is 11.5. The molecule has 1 aliphatic heterocycles. The molecule has 6 heteroatoms. The Morgan fingerprint density at radius 2 is 2.28 bits per heavy atom. The number of nitrogens with one attached hydrogen (secondary N) is 2. The van der Waals surface area contributed by atoms with E-state index in [0.717, 1.165) is 6.42 Å². The molecular weight excluding hydrogens is 236 g/mol. The highest BCUT2D eigenvalue weighted by molar-refractivity contribution is 5.81. The lowest BCUT2D eigenvalue weighted by atomic mass is 10.0. The number of ether oxygens (including phenoxy) is 3. The third-order valence-corrected chi connectivity index (χ3v) is 3.23. The third kappa shape index (κ3) is 4.53. The van der Waals surface area contributed by atoms with Crippen LogP contribution in [0.5, 0.6) is 0 Å². The Kier molecular flexibility index (Phi) is 6.56. The summed E-state index contributed by atoms with van der Waals surface area (Å²) in [6.07, 6.45) is 0.856. The van der Waals surface area contributed by atoms with Crippen LogP contribution in [0.15, 0.2) is 0 Å². The number of amides is 1. The number of hydrogen-bond donors (Lipinski definition) is 2. The summed E-state index contributed by atoms with van der Waals surface area (Å²) in [7, 11) is 3.29. The lowest BCUT2D eigenvalue weighted by molar-refractivity contribution is -0.123. The molecule has 6 nitrogen and oxygen atoms in total. The molecule has 0 radical (unpaired) electrons. The molecule has 2 unspecified atom stereocenters. The van der Waals surface area contributed by atoms with Crippen molar-refractivity contribution in [3.05, 3.63) is 0 Å². The lowest BCUT2D eigenvalue weighted by Crippen LogP contribution is -2.50. The molecule has 1 amide bonds. The highest BCUT2D eigenvalue weighted by atomic mass is 16.5. The first kappa shape index (κ1) is 15.4. The fourth-order valence-electron chi connectivity index (χ4n) is 1.82. The van der Waals surface area contributed by atoms with Gasteiger partial charge in [0.05, 0.1) is 19.3 Å². The molecule has 1 heterocycles. The molecule has 18 heavy (non-hydrogen) atoms. The van der Waals surface area contributed by atoms with Crippen LogP contribution in [0.4, 0.5) is 0 Å². The Bertz CT molecular complexity index is 254.